The van der Waals surface area contributed by atoms with Gasteiger partial charge in [0.25, 0.3) is 0 Å². The van der Waals surface area contributed by atoms with Crippen molar-refractivity contribution in [3.05, 3.63) is 23.8 Å². The predicted molar refractivity (Wildman–Crippen MR) is 72.0 cm³/mol. The summed E-state index contributed by atoms with van der Waals surface area (Å²) in [5, 5.41) is 6.14. The maximum absolute atomic E-state index is 12.0. The molecule has 0 aliphatic carbocycles. The Bertz CT molecular complexity index is 426. The van der Waals surface area contributed by atoms with Gasteiger partial charge in [0.05, 0.1) is 13.2 Å². The first kappa shape index (κ1) is 12.9. The molecule has 4 nitrogen and oxygen atoms in total. The van der Waals surface area contributed by atoms with Crippen molar-refractivity contribution in [1.82, 2.24) is 5.32 Å². The highest BCUT2D eigenvalue weighted by atomic mass is 16.5. The number of nitrogens with one attached hydrogen (secondary N) is 2. The van der Waals surface area contributed by atoms with Crippen LogP contribution in [0.5, 0.6) is 5.75 Å². The summed E-state index contributed by atoms with van der Waals surface area (Å²) in [5.74, 6) is 0.925. The van der Waals surface area contributed by atoms with Crippen LogP contribution < -0.4 is 15.4 Å². The SMILES string of the molecule is CCc1cc(NC(=O)C2CCCN2)ccc1OC. The minimum Gasteiger partial charge on any atom is -0.496 e. The van der Waals surface area contributed by atoms with Crippen molar-refractivity contribution >= 4 is 11.6 Å². The summed E-state index contributed by atoms with van der Waals surface area (Å²) in [6.45, 7) is 3.00. The highest BCUT2D eigenvalue weighted by Gasteiger charge is 2.21. The summed E-state index contributed by atoms with van der Waals surface area (Å²) in [4.78, 5) is 12.0. The van der Waals surface area contributed by atoms with Gasteiger partial charge in [-0.15, -0.1) is 0 Å². The van der Waals surface area contributed by atoms with Crippen molar-refractivity contribution in [3.8, 4) is 5.75 Å². The van der Waals surface area contributed by atoms with Gasteiger partial charge < -0.3 is 15.4 Å². The maximum Gasteiger partial charge on any atom is 0.241 e. The van der Waals surface area contributed by atoms with Gasteiger partial charge in [0, 0.05) is 5.69 Å². The van der Waals surface area contributed by atoms with E-state index in [1.165, 1.54) is 0 Å². The largest absolute Gasteiger partial charge is 0.496 e. The summed E-state index contributed by atoms with van der Waals surface area (Å²) in [5.41, 5.74) is 1.95. The van der Waals surface area contributed by atoms with Gasteiger partial charge in [-0.05, 0) is 49.6 Å². The maximum atomic E-state index is 12.0. The lowest BCUT2D eigenvalue weighted by Gasteiger charge is -2.13. The number of amides is 1. The molecule has 1 aromatic carbocycles. The molecule has 2 N–H and O–H groups in total. The average Bonchev–Trinajstić information content (AvgIpc) is 2.92. The van der Waals surface area contributed by atoms with Crippen molar-refractivity contribution in [3.63, 3.8) is 0 Å². The molecule has 2 rings (SSSR count). The van der Waals surface area contributed by atoms with Crippen LogP contribution in [0.25, 0.3) is 0 Å². The fraction of sp³-hybridized carbons (Fsp3) is 0.500. The molecule has 1 aliphatic heterocycles. The molecule has 18 heavy (non-hydrogen) atoms. The molecule has 0 bridgehead atoms. The molecule has 1 aromatic rings. The van der Waals surface area contributed by atoms with Crippen LogP contribution in [0, 0.1) is 0 Å². The lowest BCUT2D eigenvalue weighted by molar-refractivity contribution is -0.117. The van der Waals surface area contributed by atoms with Crippen LogP contribution in [0.3, 0.4) is 0 Å². The zero-order chi connectivity index (χ0) is 13.0. The highest BCUT2D eigenvalue weighted by Crippen LogP contribution is 2.23. The Hall–Kier alpha value is -1.55. The van der Waals surface area contributed by atoms with Crippen LogP contribution in [-0.2, 0) is 11.2 Å². The number of aryl methyl sites for hydroxylation is 1. The van der Waals surface area contributed by atoms with Gasteiger partial charge in [0.1, 0.15) is 5.75 Å². The van der Waals surface area contributed by atoms with E-state index in [9.17, 15) is 4.79 Å². The Balaban J connectivity index is 2.06. The summed E-state index contributed by atoms with van der Waals surface area (Å²) in [7, 11) is 1.66. The van der Waals surface area contributed by atoms with Crippen LogP contribution in [0.4, 0.5) is 5.69 Å². The molecule has 4 heteroatoms. The predicted octanol–water partition coefficient (Wildman–Crippen LogP) is 1.95. The van der Waals surface area contributed by atoms with Crippen LogP contribution in [-0.4, -0.2) is 25.6 Å². The third kappa shape index (κ3) is 2.82. The van der Waals surface area contributed by atoms with E-state index in [0.717, 1.165) is 42.8 Å². The second-order valence-corrected chi connectivity index (χ2v) is 4.52. The number of carbonyl (C=O) groups is 1. The first-order valence-corrected chi connectivity index (χ1v) is 6.45. The molecule has 0 spiro atoms. The lowest BCUT2D eigenvalue weighted by atomic mass is 10.1. The van der Waals surface area contributed by atoms with E-state index in [0.29, 0.717) is 0 Å². The summed E-state index contributed by atoms with van der Waals surface area (Å²) in [6.07, 6.45) is 2.87. The summed E-state index contributed by atoms with van der Waals surface area (Å²) in [6, 6.07) is 5.71. The molecule has 0 aromatic heterocycles. The Morgan fingerprint density at radius 3 is 3.00 bits per heavy atom. The first-order chi connectivity index (χ1) is 8.74. The molecule has 0 saturated carbocycles. The van der Waals surface area contributed by atoms with E-state index < -0.39 is 0 Å². The minimum absolute atomic E-state index is 0.0443. The number of ether oxygens (including phenoxy) is 1. The third-order valence-corrected chi connectivity index (χ3v) is 3.31. The fourth-order valence-corrected chi connectivity index (χ4v) is 2.27. The Morgan fingerprint density at radius 2 is 2.39 bits per heavy atom. The van der Waals surface area contributed by atoms with Crippen LogP contribution in [0.1, 0.15) is 25.3 Å². The number of hydrogen-bond acceptors (Lipinski definition) is 3. The van der Waals surface area contributed by atoms with Gasteiger partial charge in [-0.2, -0.15) is 0 Å². The standard InChI is InChI=1S/C14H20N2O2/c1-3-10-9-11(6-7-13(10)18-2)16-14(17)12-5-4-8-15-12/h6-7,9,12,15H,3-5,8H2,1-2H3,(H,16,17). The van der Waals surface area contributed by atoms with Gasteiger partial charge in [0.2, 0.25) is 5.91 Å². The molecule has 1 amide bonds. The number of benzene rings is 1. The molecule has 1 atom stereocenters. The van der Waals surface area contributed by atoms with E-state index in [1.54, 1.807) is 7.11 Å². The van der Waals surface area contributed by atoms with Crippen molar-refractivity contribution in [2.45, 2.75) is 32.2 Å². The third-order valence-electron chi connectivity index (χ3n) is 3.31. The normalized spacial score (nSPS) is 18.7. The van der Waals surface area contributed by atoms with Crippen LogP contribution >= 0.6 is 0 Å². The van der Waals surface area contributed by atoms with E-state index in [1.807, 2.05) is 18.2 Å². The summed E-state index contributed by atoms with van der Waals surface area (Å²) < 4.78 is 5.27. The number of methoxy groups -OCH3 is 1. The second-order valence-electron chi connectivity index (χ2n) is 4.52. The lowest BCUT2D eigenvalue weighted by Crippen LogP contribution is -2.35. The smallest absolute Gasteiger partial charge is 0.241 e. The number of anilines is 1. The van der Waals surface area contributed by atoms with Crippen molar-refractivity contribution < 1.29 is 9.53 Å². The monoisotopic (exact) mass is 248 g/mol. The van der Waals surface area contributed by atoms with Gasteiger partial charge >= 0.3 is 0 Å². The van der Waals surface area contributed by atoms with Gasteiger partial charge in [-0.3, -0.25) is 4.79 Å². The topological polar surface area (TPSA) is 50.4 Å². The Kier molecular flexibility index (Phi) is 4.20. The molecule has 1 heterocycles. The molecular weight excluding hydrogens is 228 g/mol. The molecule has 0 radical (unpaired) electrons. The molecule has 1 fully saturated rings. The van der Waals surface area contributed by atoms with E-state index in [2.05, 4.69) is 17.6 Å². The number of carbonyl (C=O) groups excluding carboxylic acids is 1. The molecule has 1 unspecified atom stereocenters. The Morgan fingerprint density at radius 1 is 1.56 bits per heavy atom. The minimum atomic E-state index is -0.0443. The van der Waals surface area contributed by atoms with Crippen molar-refractivity contribution in [2.24, 2.45) is 0 Å². The Labute approximate surface area is 108 Å². The van der Waals surface area contributed by atoms with Gasteiger partial charge in [-0.25, -0.2) is 0 Å². The average molecular weight is 248 g/mol. The molecular formula is C14H20N2O2. The van der Waals surface area contributed by atoms with Crippen LogP contribution in [0.2, 0.25) is 0 Å². The van der Waals surface area contributed by atoms with Crippen LogP contribution in [0.15, 0.2) is 18.2 Å². The number of rotatable bonds is 4. The highest BCUT2D eigenvalue weighted by molar-refractivity contribution is 5.95. The van der Waals surface area contributed by atoms with E-state index in [4.69, 9.17) is 4.74 Å². The molecule has 1 aliphatic rings. The van der Waals surface area contributed by atoms with Crippen molar-refractivity contribution in [2.75, 3.05) is 19.0 Å². The first-order valence-electron chi connectivity index (χ1n) is 6.45. The fourth-order valence-electron chi connectivity index (χ4n) is 2.27. The van der Waals surface area contributed by atoms with E-state index >= 15 is 0 Å². The zero-order valence-corrected chi connectivity index (χ0v) is 11.0. The zero-order valence-electron chi connectivity index (χ0n) is 11.0. The molecule has 98 valence electrons. The van der Waals surface area contributed by atoms with Gasteiger partial charge in [-0.1, -0.05) is 6.92 Å². The molecule has 1 saturated heterocycles. The number of hydrogen-bond donors (Lipinski definition) is 2. The van der Waals surface area contributed by atoms with E-state index in [-0.39, 0.29) is 11.9 Å². The second kappa shape index (κ2) is 5.87. The van der Waals surface area contributed by atoms with Crippen molar-refractivity contribution in [1.29, 1.82) is 0 Å². The summed E-state index contributed by atoms with van der Waals surface area (Å²) >= 11 is 0. The van der Waals surface area contributed by atoms with Gasteiger partial charge in [0.15, 0.2) is 0 Å². The quantitative estimate of drug-likeness (QED) is 0.856.